The van der Waals surface area contributed by atoms with E-state index in [4.69, 9.17) is 0 Å². The molecule has 0 aliphatic carbocycles. The van der Waals surface area contributed by atoms with E-state index in [0.717, 1.165) is 11.5 Å². The normalized spacial score (nSPS) is 16.7. The lowest BCUT2D eigenvalue weighted by molar-refractivity contribution is 0.664. The van der Waals surface area contributed by atoms with Gasteiger partial charge in [-0.25, -0.2) is 14.6 Å². The van der Waals surface area contributed by atoms with Crippen molar-refractivity contribution in [2.75, 3.05) is 16.8 Å². The van der Waals surface area contributed by atoms with Gasteiger partial charge in [0.15, 0.2) is 5.82 Å². The lowest BCUT2D eigenvalue weighted by Crippen LogP contribution is -2.25. The molecule has 0 spiro atoms. The van der Waals surface area contributed by atoms with Crippen molar-refractivity contribution in [1.82, 2.24) is 19.7 Å². The van der Waals surface area contributed by atoms with Crippen molar-refractivity contribution in [3.63, 3.8) is 0 Å². The number of thioether (sulfide) groups is 1. The van der Waals surface area contributed by atoms with Crippen LogP contribution in [0.25, 0.3) is 5.82 Å². The maximum Gasteiger partial charge on any atom is 0.178 e. The zero-order chi connectivity index (χ0) is 12.2. The highest BCUT2D eigenvalue weighted by Crippen LogP contribution is 2.23. The summed E-state index contributed by atoms with van der Waals surface area (Å²) in [5.41, 5.74) is 1.03. The Labute approximate surface area is 110 Å². The van der Waals surface area contributed by atoms with E-state index in [1.165, 1.54) is 30.7 Å². The van der Waals surface area contributed by atoms with E-state index in [2.05, 4.69) is 20.4 Å². The maximum atomic E-state index is 4.38. The molecule has 1 fully saturated rings. The first-order valence-electron chi connectivity index (χ1n) is 6.08. The molecule has 1 N–H and O–H groups in total. The van der Waals surface area contributed by atoms with E-state index in [1.54, 1.807) is 17.2 Å². The Morgan fingerprint density at radius 3 is 3.00 bits per heavy atom. The van der Waals surface area contributed by atoms with E-state index in [0.29, 0.717) is 6.04 Å². The zero-order valence-electron chi connectivity index (χ0n) is 9.99. The van der Waals surface area contributed by atoms with Crippen LogP contribution in [0.3, 0.4) is 0 Å². The van der Waals surface area contributed by atoms with Gasteiger partial charge in [-0.2, -0.15) is 16.9 Å². The fourth-order valence-electron chi connectivity index (χ4n) is 2.07. The molecule has 0 saturated carbocycles. The summed E-state index contributed by atoms with van der Waals surface area (Å²) in [4.78, 5) is 8.35. The molecule has 0 bridgehead atoms. The molecule has 5 nitrogen and oxygen atoms in total. The molecule has 0 atom stereocenters. The van der Waals surface area contributed by atoms with Crippen LogP contribution in [0.5, 0.6) is 0 Å². The van der Waals surface area contributed by atoms with Gasteiger partial charge in [0.25, 0.3) is 0 Å². The number of aromatic nitrogens is 4. The number of hydrogen-bond acceptors (Lipinski definition) is 5. The van der Waals surface area contributed by atoms with Crippen LogP contribution in [-0.4, -0.2) is 37.3 Å². The summed E-state index contributed by atoms with van der Waals surface area (Å²) in [7, 11) is 0. The number of pyridine rings is 1. The number of hydrogen-bond donors (Lipinski definition) is 1. The Balaban J connectivity index is 1.83. The maximum absolute atomic E-state index is 4.38. The first-order valence-corrected chi connectivity index (χ1v) is 7.23. The average Bonchev–Trinajstić information content (AvgIpc) is 2.94. The van der Waals surface area contributed by atoms with Crippen LogP contribution in [0.1, 0.15) is 12.8 Å². The van der Waals surface area contributed by atoms with Gasteiger partial charge in [0.2, 0.25) is 0 Å². The predicted octanol–water partition coefficient (Wildman–Crippen LogP) is 1.97. The van der Waals surface area contributed by atoms with Gasteiger partial charge in [0, 0.05) is 12.2 Å². The molecule has 6 heteroatoms. The Morgan fingerprint density at radius 1 is 1.33 bits per heavy atom. The number of nitrogens with one attached hydrogen (secondary N) is 1. The molecule has 0 amide bonds. The third-order valence-corrected chi connectivity index (χ3v) is 4.05. The molecule has 2 aromatic rings. The van der Waals surface area contributed by atoms with Gasteiger partial charge in [-0.05, 0) is 36.5 Å². The highest BCUT2D eigenvalue weighted by molar-refractivity contribution is 7.99. The van der Waals surface area contributed by atoms with Crippen LogP contribution in [0, 0.1) is 0 Å². The largest absolute Gasteiger partial charge is 0.379 e. The lowest BCUT2D eigenvalue weighted by Gasteiger charge is -2.24. The lowest BCUT2D eigenvalue weighted by atomic mass is 10.1. The number of rotatable bonds is 3. The fraction of sp³-hybridized carbons (Fsp3) is 0.417. The molecule has 1 aliphatic heterocycles. The number of nitrogens with zero attached hydrogens (tertiary/aromatic N) is 4. The average molecular weight is 261 g/mol. The molecular weight excluding hydrogens is 246 g/mol. The second-order valence-electron chi connectivity index (χ2n) is 4.25. The minimum Gasteiger partial charge on any atom is -0.379 e. The SMILES string of the molecule is c1cnc(-n2cncn2)c(NC2CCSCC2)c1. The minimum atomic E-state index is 0.540. The molecule has 0 radical (unpaired) electrons. The van der Waals surface area contributed by atoms with Gasteiger partial charge in [-0.15, -0.1) is 0 Å². The monoisotopic (exact) mass is 261 g/mol. The van der Waals surface area contributed by atoms with Gasteiger partial charge in [-0.3, -0.25) is 0 Å². The Hall–Kier alpha value is -1.56. The highest BCUT2D eigenvalue weighted by atomic mass is 32.2. The van der Waals surface area contributed by atoms with E-state index in [1.807, 2.05) is 23.9 Å². The summed E-state index contributed by atoms with van der Waals surface area (Å²) in [5, 5.41) is 7.71. The fourth-order valence-corrected chi connectivity index (χ4v) is 3.18. The summed E-state index contributed by atoms with van der Waals surface area (Å²) in [6.45, 7) is 0. The summed E-state index contributed by atoms with van der Waals surface area (Å²) in [6, 6.07) is 4.53. The smallest absolute Gasteiger partial charge is 0.178 e. The summed E-state index contributed by atoms with van der Waals surface area (Å²) < 4.78 is 1.69. The topological polar surface area (TPSA) is 55.6 Å². The van der Waals surface area contributed by atoms with Crippen molar-refractivity contribution in [1.29, 1.82) is 0 Å². The van der Waals surface area contributed by atoms with Crippen molar-refractivity contribution >= 4 is 17.4 Å². The third-order valence-electron chi connectivity index (χ3n) is 3.00. The van der Waals surface area contributed by atoms with Crippen LogP contribution < -0.4 is 5.32 Å². The minimum absolute atomic E-state index is 0.540. The van der Waals surface area contributed by atoms with Crippen molar-refractivity contribution in [2.24, 2.45) is 0 Å². The van der Waals surface area contributed by atoms with Gasteiger partial charge < -0.3 is 5.32 Å². The van der Waals surface area contributed by atoms with Crippen molar-refractivity contribution < 1.29 is 0 Å². The van der Waals surface area contributed by atoms with E-state index in [9.17, 15) is 0 Å². The second-order valence-corrected chi connectivity index (χ2v) is 5.47. The first kappa shape index (κ1) is 11.5. The highest BCUT2D eigenvalue weighted by Gasteiger charge is 2.15. The van der Waals surface area contributed by atoms with E-state index in [-0.39, 0.29) is 0 Å². The van der Waals surface area contributed by atoms with Gasteiger partial charge in [-0.1, -0.05) is 0 Å². The molecule has 0 aromatic carbocycles. The van der Waals surface area contributed by atoms with Crippen molar-refractivity contribution in [2.45, 2.75) is 18.9 Å². The van der Waals surface area contributed by atoms with Crippen molar-refractivity contribution in [3.05, 3.63) is 31.0 Å². The molecule has 2 aromatic heterocycles. The van der Waals surface area contributed by atoms with E-state index < -0.39 is 0 Å². The van der Waals surface area contributed by atoms with Gasteiger partial charge >= 0.3 is 0 Å². The molecule has 1 saturated heterocycles. The molecule has 1 aliphatic rings. The Bertz CT molecular complexity index is 493. The van der Waals surface area contributed by atoms with Gasteiger partial charge in [0.05, 0.1) is 5.69 Å². The molecule has 3 rings (SSSR count). The Morgan fingerprint density at radius 2 is 2.22 bits per heavy atom. The van der Waals surface area contributed by atoms with E-state index >= 15 is 0 Å². The Kier molecular flexibility index (Phi) is 3.45. The zero-order valence-corrected chi connectivity index (χ0v) is 10.8. The van der Waals surface area contributed by atoms with Crippen LogP contribution in [0.15, 0.2) is 31.0 Å². The molecular formula is C12H15N5S. The predicted molar refractivity (Wildman–Crippen MR) is 73.1 cm³/mol. The second kappa shape index (κ2) is 5.39. The van der Waals surface area contributed by atoms with Crippen molar-refractivity contribution in [3.8, 4) is 5.82 Å². The standard InChI is InChI=1S/C12H15N5S/c1-2-11(16-10-3-6-18-7-4-10)12(14-5-1)17-9-13-8-15-17/h1-2,5,8-10,16H,3-4,6-7H2. The summed E-state index contributed by atoms with van der Waals surface area (Å²) in [6.07, 6.45) is 7.38. The molecule has 3 heterocycles. The molecule has 0 unspecified atom stereocenters. The summed E-state index contributed by atoms with van der Waals surface area (Å²) in [5.74, 6) is 3.28. The van der Waals surface area contributed by atoms with Crippen LogP contribution in [-0.2, 0) is 0 Å². The van der Waals surface area contributed by atoms with Crippen LogP contribution >= 0.6 is 11.8 Å². The summed E-state index contributed by atoms with van der Waals surface area (Å²) >= 11 is 2.03. The first-order chi connectivity index (χ1) is 8.93. The quantitative estimate of drug-likeness (QED) is 0.915. The van der Waals surface area contributed by atoms with Crippen LogP contribution in [0.2, 0.25) is 0 Å². The molecule has 94 valence electrons. The van der Waals surface area contributed by atoms with Crippen LogP contribution in [0.4, 0.5) is 5.69 Å². The van der Waals surface area contributed by atoms with Gasteiger partial charge in [0.1, 0.15) is 12.7 Å². The third kappa shape index (κ3) is 2.48. The molecule has 18 heavy (non-hydrogen) atoms. The number of anilines is 1.